The van der Waals surface area contributed by atoms with E-state index in [0.29, 0.717) is 10.8 Å². The van der Waals surface area contributed by atoms with Crippen molar-refractivity contribution in [3.05, 3.63) is 88.0 Å². The van der Waals surface area contributed by atoms with E-state index < -0.39 is 0 Å². The lowest BCUT2D eigenvalue weighted by atomic mass is 10.1. The summed E-state index contributed by atoms with van der Waals surface area (Å²) in [7, 11) is 0. The number of nitrogens with zero attached hydrogens (tertiary/aromatic N) is 1. The number of hydrogen-bond donors (Lipinski definition) is 0. The molecule has 0 aliphatic rings. The van der Waals surface area contributed by atoms with Gasteiger partial charge in [0.25, 0.3) is 0 Å². The molecule has 0 aliphatic heterocycles. The summed E-state index contributed by atoms with van der Waals surface area (Å²) in [6.07, 6.45) is 0.790. The van der Waals surface area contributed by atoms with Gasteiger partial charge in [0.1, 0.15) is 5.82 Å². The minimum absolute atomic E-state index is 0.0982. The molecule has 1 aromatic heterocycles. The fourth-order valence-electron chi connectivity index (χ4n) is 3.10. The third kappa shape index (κ3) is 4.82. The van der Waals surface area contributed by atoms with E-state index in [4.69, 9.17) is 11.6 Å². The maximum absolute atomic E-state index is 13.0. The first-order chi connectivity index (χ1) is 13.0. The highest BCUT2D eigenvalue weighted by molar-refractivity contribution is 8.00. The van der Waals surface area contributed by atoms with Gasteiger partial charge in [-0.3, -0.25) is 4.79 Å². The summed E-state index contributed by atoms with van der Waals surface area (Å²) in [6, 6.07) is 16.1. The maximum Gasteiger partial charge on any atom is 0.174 e. The highest BCUT2D eigenvalue weighted by Gasteiger charge is 2.16. The van der Waals surface area contributed by atoms with Crippen LogP contribution in [0, 0.1) is 19.7 Å². The van der Waals surface area contributed by atoms with Crippen LogP contribution < -0.4 is 0 Å². The van der Waals surface area contributed by atoms with Crippen LogP contribution in [0.25, 0.3) is 0 Å². The van der Waals surface area contributed by atoms with Crippen molar-refractivity contribution in [3.63, 3.8) is 0 Å². The van der Waals surface area contributed by atoms with Gasteiger partial charge in [-0.05, 0) is 56.2 Å². The minimum Gasteiger partial charge on any atom is -0.348 e. The lowest BCUT2D eigenvalue weighted by molar-refractivity contribution is 0.102. The Labute approximate surface area is 168 Å². The highest BCUT2D eigenvalue weighted by atomic mass is 35.5. The number of benzene rings is 2. The number of aryl methyl sites for hydroxylation is 2. The highest BCUT2D eigenvalue weighted by Crippen LogP contribution is 2.28. The number of ketones is 1. The SMILES string of the molecule is Cc1cc(C(=O)CSc2ccccc2Cl)c(C)n1CCc1ccc(F)cc1. The van der Waals surface area contributed by atoms with Crippen LogP contribution in [0.2, 0.25) is 5.02 Å². The molecular weight excluding hydrogens is 381 g/mol. The molecule has 0 saturated carbocycles. The Bertz CT molecular complexity index is 949. The molecule has 0 bridgehead atoms. The van der Waals surface area contributed by atoms with Gasteiger partial charge in [0, 0.05) is 28.4 Å². The monoisotopic (exact) mass is 401 g/mol. The molecule has 140 valence electrons. The third-order valence-corrected chi connectivity index (χ3v) is 6.12. The van der Waals surface area contributed by atoms with Gasteiger partial charge in [-0.1, -0.05) is 35.9 Å². The largest absolute Gasteiger partial charge is 0.348 e. The lowest BCUT2D eigenvalue weighted by Crippen LogP contribution is -2.08. The molecule has 0 saturated heterocycles. The second-order valence-electron chi connectivity index (χ2n) is 6.46. The van der Waals surface area contributed by atoms with Crippen molar-refractivity contribution in [3.8, 4) is 0 Å². The zero-order valence-corrected chi connectivity index (χ0v) is 16.9. The lowest BCUT2D eigenvalue weighted by Gasteiger charge is -2.10. The molecule has 0 N–H and O–H groups in total. The minimum atomic E-state index is -0.226. The van der Waals surface area contributed by atoms with Crippen LogP contribution in [-0.4, -0.2) is 16.1 Å². The van der Waals surface area contributed by atoms with Gasteiger partial charge in [0.05, 0.1) is 10.8 Å². The van der Waals surface area contributed by atoms with Crippen LogP contribution in [0.4, 0.5) is 4.39 Å². The first-order valence-corrected chi connectivity index (χ1v) is 10.1. The van der Waals surface area contributed by atoms with E-state index in [1.54, 1.807) is 12.1 Å². The van der Waals surface area contributed by atoms with Gasteiger partial charge in [-0.2, -0.15) is 0 Å². The fraction of sp³-hybridized carbons (Fsp3) is 0.227. The summed E-state index contributed by atoms with van der Waals surface area (Å²) in [5.41, 5.74) is 3.86. The van der Waals surface area contributed by atoms with E-state index in [-0.39, 0.29) is 11.6 Å². The van der Waals surface area contributed by atoms with Crippen LogP contribution in [0.5, 0.6) is 0 Å². The molecule has 0 aliphatic carbocycles. The molecule has 0 atom stereocenters. The quantitative estimate of drug-likeness (QED) is 0.351. The summed E-state index contributed by atoms with van der Waals surface area (Å²) in [5, 5.41) is 0.667. The smallest absolute Gasteiger partial charge is 0.174 e. The topological polar surface area (TPSA) is 22.0 Å². The number of aromatic nitrogens is 1. The molecule has 0 unspecified atom stereocenters. The van der Waals surface area contributed by atoms with E-state index in [9.17, 15) is 9.18 Å². The molecule has 5 heteroatoms. The standard InChI is InChI=1S/C22H21ClFNOS/c1-15-13-19(21(26)14-27-22-6-4-3-5-20(22)23)16(2)25(15)12-11-17-7-9-18(24)10-8-17/h3-10,13H,11-12,14H2,1-2H3. The molecule has 2 aromatic carbocycles. The molecule has 27 heavy (non-hydrogen) atoms. The number of Topliss-reactive ketones (excluding diaryl/α,β-unsaturated/α-hetero) is 1. The van der Waals surface area contributed by atoms with Gasteiger partial charge < -0.3 is 4.57 Å². The predicted molar refractivity (Wildman–Crippen MR) is 111 cm³/mol. The van der Waals surface area contributed by atoms with Crippen molar-refractivity contribution in [2.45, 2.75) is 31.7 Å². The van der Waals surface area contributed by atoms with Crippen molar-refractivity contribution < 1.29 is 9.18 Å². The number of halogens is 2. The van der Waals surface area contributed by atoms with Gasteiger partial charge in [0.2, 0.25) is 0 Å². The van der Waals surface area contributed by atoms with Crippen LogP contribution >= 0.6 is 23.4 Å². The van der Waals surface area contributed by atoms with Crippen molar-refractivity contribution in [1.29, 1.82) is 0 Å². The first-order valence-electron chi connectivity index (χ1n) is 8.77. The Hall–Kier alpha value is -2.04. The van der Waals surface area contributed by atoms with Crippen molar-refractivity contribution >= 4 is 29.1 Å². The van der Waals surface area contributed by atoms with Gasteiger partial charge in [-0.25, -0.2) is 4.39 Å². The molecule has 0 spiro atoms. The van der Waals surface area contributed by atoms with Crippen LogP contribution in [0.3, 0.4) is 0 Å². The number of hydrogen-bond acceptors (Lipinski definition) is 2. The van der Waals surface area contributed by atoms with Crippen molar-refractivity contribution in [2.75, 3.05) is 5.75 Å². The summed E-state index contributed by atoms with van der Waals surface area (Å²) in [4.78, 5) is 13.6. The molecule has 0 radical (unpaired) electrons. The van der Waals surface area contributed by atoms with E-state index in [1.807, 2.05) is 44.2 Å². The summed E-state index contributed by atoms with van der Waals surface area (Å²) in [6.45, 7) is 4.74. The molecule has 3 aromatic rings. The average Bonchev–Trinajstić information content (AvgIpc) is 2.94. The molecule has 2 nitrogen and oxygen atoms in total. The Morgan fingerprint density at radius 2 is 1.81 bits per heavy atom. The van der Waals surface area contributed by atoms with Crippen LogP contribution in [-0.2, 0) is 13.0 Å². The van der Waals surface area contributed by atoms with E-state index >= 15 is 0 Å². The average molecular weight is 402 g/mol. The zero-order chi connectivity index (χ0) is 19.4. The summed E-state index contributed by atoms with van der Waals surface area (Å²) >= 11 is 7.62. The molecule has 3 rings (SSSR count). The first kappa shape index (κ1) is 19.7. The number of rotatable bonds is 7. The van der Waals surface area contributed by atoms with Crippen molar-refractivity contribution in [2.24, 2.45) is 0 Å². The number of carbonyl (C=O) groups excluding carboxylic acids is 1. The Morgan fingerprint density at radius 3 is 2.52 bits per heavy atom. The zero-order valence-electron chi connectivity index (χ0n) is 15.3. The predicted octanol–water partition coefficient (Wildman–Crippen LogP) is 6.12. The van der Waals surface area contributed by atoms with Crippen molar-refractivity contribution in [1.82, 2.24) is 4.57 Å². The normalized spacial score (nSPS) is 11.0. The molecular formula is C22H21ClFNOS. The Kier molecular flexibility index (Phi) is 6.40. The second kappa shape index (κ2) is 8.77. The maximum atomic E-state index is 13.0. The van der Waals surface area contributed by atoms with Gasteiger partial charge in [0.15, 0.2) is 5.78 Å². The summed E-state index contributed by atoms with van der Waals surface area (Å²) in [5.74, 6) is 0.225. The van der Waals surface area contributed by atoms with Crippen LogP contribution in [0.1, 0.15) is 27.3 Å². The third-order valence-electron chi connectivity index (χ3n) is 4.61. The number of carbonyl (C=O) groups is 1. The molecule has 0 fully saturated rings. The molecule has 1 heterocycles. The van der Waals surface area contributed by atoms with E-state index in [0.717, 1.165) is 40.4 Å². The number of thioether (sulfide) groups is 1. The second-order valence-corrected chi connectivity index (χ2v) is 7.88. The van der Waals surface area contributed by atoms with Crippen LogP contribution in [0.15, 0.2) is 59.5 Å². The van der Waals surface area contributed by atoms with E-state index in [2.05, 4.69) is 4.57 Å². The fourth-order valence-corrected chi connectivity index (χ4v) is 4.22. The molecule has 0 amide bonds. The Balaban J connectivity index is 1.68. The Morgan fingerprint density at radius 1 is 1.11 bits per heavy atom. The summed E-state index contributed by atoms with van der Waals surface area (Å²) < 4.78 is 15.2. The van der Waals surface area contributed by atoms with Gasteiger partial charge >= 0.3 is 0 Å². The van der Waals surface area contributed by atoms with Gasteiger partial charge in [-0.15, -0.1) is 11.8 Å². The van der Waals surface area contributed by atoms with E-state index in [1.165, 1.54) is 23.9 Å².